The molecule has 22 heavy (non-hydrogen) atoms. The van der Waals surface area contributed by atoms with Gasteiger partial charge in [0.05, 0.1) is 17.8 Å². The molecule has 2 saturated carbocycles. The lowest BCUT2D eigenvalue weighted by Crippen LogP contribution is -2.61. The van der Waals surface area contributed by atoms with Crippen molar-refractivity contribution >= 4 is 0 Å². The van der Waals surface area contributed by atoms with Crippen LogP contribution in [-0.2, 0) is 9.47 Å². The third-order valence-electron chi connectivity index (χ3n) is 8.32. The molecule has 2 heteroatoms. The van der Waals surface area contributed by atoms with E-state index in [1.54, 1.807) is 0 Å². The van der Waals surface area contributed by atoms with E-state index < -0.39 is 0 Å². The van der Waals surface area contributed by atoms with Gasteiger partial charge in [0.1, 0.15) is 6.10 Å². The number of ether oxygens (including phenoxy) is 2. The molecule has 4 aliphatic rings. The van der Waals surface area contributed by atoms with Crippen molar-refractivity contribution in [1.29, 1.82) is 0 Å². The highest BCUT2D eigenvalue weighted by molar-refractivity contribution is 5.11. The molecular weight excluding hydrogens is 272 g/mol. The molecule has 2 aliphatic carbocycles. The van der Waals surface area contributed by atoms with E-state index >= 15 is 0 Å². The van der Waals surface area contributed by atoms with Crippen molar-refractivity contribution in [2.45, 2.75) is 96.9 Å². The summed E-state index contributed by atoms with van der Waals surface area (Å²) in [5, 5.41) is 0. The van der Waals surface area contributed by atoms with Crippen LogP contribution < -0.4 is 0 Å². The number of hydrogen-bond donors (Lipinski definition) is 0. The van der Waals surface area contributed by atoms with E-state index in [-0.39, 0.29) is 11.2 Å². The molecule has 0 amide bonds. The molecule has 6 atom stereocenters. The Morgan fingerprint density at radius 3 is 2.14 bits per heavy atom. The van der Waals surface area contributed by atoms with Gasteiger partial charge in [-0.25, -0.2) is 0 Å². The summed E-state index contributed by atoms with van der Waals surface area (Å²) in [4.78, 5) is 0. The summed E-state index contributed by atoms with van der Waals surface area (Å²) >= 11 is 0. The molecule has 0 radical (unpaired) electrons. The van der Waals surface area contributed by atoms with Crippen LogP contribution in [-0.4, -0.2) is 23.9 Å². The maximum Gasteiger partial charge on any atom is 0.110 e. The van der Waals surface area contributed by atoms with E-state index in [0.717, 1.165) is 12.5 Å². The van der Waals surface area contributed by atoms with Crippen LogP contribution in [0.3, 0.4) is 0 Å². The van der Waals surface area contributed by atoms with E-state index in [9.17, 15) is 0 Å². The average Bonchev–Trinajstić information content (AvgIpc) is 2.48. The van der Waals surface area contributed by atoms with Gasteiger partial charge in [-0.05, 0) is 75.0 Å². The van der Waals surface area contributed by atoms with Crippen LogP contribution in [0.25, 0.3) is 0 Å². The quantitative estimate of drug-likeness (QED) is 0.630. The number of fused-ring (bicyclic) bond motifs is 4. The fourth-order valence-electron chi connectivity index (χ4n) is 6.97. The van der Waals surface area contributed by atoms with Gasteiger partial charge in [0, 0.05) is 0 Å². The van der Waals surface area contributed by atoms with Crippen LogP contribution in [0.5, 0.6) is 0 Å². The van der Waals surface area contributed by atoms with Crippen molar-refractivity contribution < 1.29 is 9.47 Å². The van der Waals surface area contributed by atoms with Crippen molar-refractivity contribution in [3.05, 3.63) is 0 Å². The van der Waals surface area contributed by atoms with Crippen molar-refractivity contribution in [2.24, 2.45) is 22.7 Å². The Balaban J connectivity index is 1.70. The molecular formula is C20H34O2. The topological polar surface area (TPSA) is 18.5 Å². The van der Waals surface area contributed by atoms with Gasteiger partial charge < -0.3 is 9.47 Å². The average molecular weight is 306 g/mol. The fraction of sp³-hybridized carbons (Fsp3) is 1.00. The van der Waals surface area contributed by atoms with E-state index in [2.05, 4.69) is 34.6 Å². The molecule has 2 saturated heterocycles. The zero-order valence-electron chi connectivity index (χ0n) is 15.2. The third kappa shape index (κ3) is 1.92. The van der Waals surface area contributed by atoms with Crippen molar-refractivity contribution in [1.82, 2.24) is 0 Å². The van der Waals surface area contributed by atoms with Gasteiger partial charge in [-0.15, -0.1) is 0 Å². The molecule has 2 nitrogen and oxygen atoms in total. The van der Waals surface area contributed by atoms with Crippen LogP contribution >= 0.6 is 0 Å². The Labute approximate surface area is 136 Å². The van der Waals surface area contributed by atoms with Crippen LogP contribution in [0.4, 0.5) is 0 Å². The maximum absolute atomic E-state index is 6.76. The second kappa shape index (κ2) is 4.51. The number of rotatable bonds is 0. The van der Waals surface area contributed by atoms with Crippen molar-refractivity contribution in [3.63, 3.8) is 0 Å². The Kier molecular flexibility index (Phi) is 3.16. The van der Waals surface area contributed by atoms with E-state index in [0.29, 0.717) is 22.9 Å². The summed E-state index contributed by atoms with van der Waals surface area (Å²) in [5.74, 6) is 1.56. The summed E-state index contributed by atoms with van der Waals surface area (Å²) < 4.78 is 12.7. The third-order valence-corrected chi connectivity index (χ3v) is 8.32. The van der Waals surface area contributed by atoms with Gasteiger partial charge in [0.25, 0.3) is 0 Å². The Hall–Kier alpha value is -0.0800. The predicted molar refractivity (Wildman–Crippen MR) is 88.8 cm³/mol. The molecule has 0 aromatic heterocycles. The van der Waals surface area contributed by atoms with Gasteiger partial charge >= 0.3 is 0 Å². The molecule has 0 aromatic rings. The van der Waals surface area contributed by atoms with Gasteiger partial charge in [-0.2, -0.15) is 0 Å². The maximum atomic E-state index is 6.76. The number of hydrogen-bond acceptors (Lipinski definition) is 2. The first-order valence-electron chi connectivity index (χ1n) is 9.51. The standard InChI is InChI=1S/C20H34O2/c1-17(2)9-6-10-18(3)14(17)7-11-19(4)15(18)8-12-20(5)16(22-19)13-21-20/h14-16H,6-13H2,1-5H3/t14-,15+,16+,18-,19+,20+/m0/s1. The summed E-state index contributed by atoms with van der Waals surface area (Å²) in [6, 6.07) is 0. The zero-order valence-corrected chi connectivity index (χ0v) is 15.2. The molecule has 4 fully saturated rings. The van der Waals surface area contributed by atoms with Crippen LogP contribution in [0.15, 0.2) is 0 Å². The van der Waals surface area contributed by atoms with Gasteiger partial charge in [-0.1, -0.05) is 27.2 Å². The largest absolute Gasteiger partial charge is 0.370 e. The molecule has 126 valence electrons. The van der Waals surface area contributed by atoms with Gasteiger partial charge in [0.2, 0.25) is 0 Å². The minimum absolute atomic E-state index is 0.00358. The molecule has 4 rings (SSSR count). The van der Waals surface area contributed by atoms with Crippen molar-refractivity contribution in [3.8, 4) is 0 Å². The van der Waals surface area contributed by atoms with Crippen LogP contribution in [0.2, 0.25) is 0 Å². The highest BCUT2D eigenvalue weighted by Crippen LogP contribution is 2.65. The summed E-state index contributed by atoms with van der Waals surface area (Å²) in [7, 11) is 0. The Morgan fingerprint density at radius 1 is 0.773 bits per heavy atom. The Morgan fingerprint density at radius 2 is 1.45 bits per heavy atom. The molecule has 0 unspecified atom stereocenters. The smallest absolute Gasteiger partial charge is 0.110 e. The van der Waals surface area contributed by atoms with Crippen molar-refractivity contribution in [2.75, 3.05) is 6.61 Å². The van der Waals surface area contributed by atoms with Gasteiger partial charge in [-0.3, -0.25) is 0 Å². The summed E-state index contributed by atoms with van der Waals surface area (Å²) in [5.41, 5.74) is 1.02. The van der Waals surface area contributed by atoms with Gasteiger partial charge in [0.15, 0.2) is 0 Å². The molecule has 0 aromatic carbocycles. The van der Waals surface area contributed by atoms with E-state index in [1.807, 2.05) is 0 Å². The second-order valence-corrected chi connectivity index (χ2v) is 10.1. The molecule has 2 heterocycles. The lowest BCUT2D eigenvalue weighted by molar-refractivity contribution is -0.288. The summed E-state index contributed by atoms with van der Waals surface area (Å²) in [6.07, 6.45) is 9.58. The lowest BCUT2D eigenvalue weighted by Gasteiger charge is -2.62. The first kappa shape index (κ1) is 15.4. The van der Waals surface area contributed by atoms with E-state index in [4.69, 9.17) is 9.47 Å². The normalized spacial score (nSPS) is 56.9. The predicted octanol–water partition coefficient (Wildman–Crippen LogP) is 4.96. The summed E-state index contributed by atoms with van der Waals surface area (Å²) in [6.45, 7) is 13.1. The first-order valence-corrected chi connectivity index (χ1v) is 9.51. The minimum Gasteiger partial charge on any atom is -0.370 e. The fourth-order valence-corrected chi connectivity index (χ4v) is 6.97. The Bertz CT molecular complexity index is 472. The van der Waals surface area contributed by atoms with Crippen LogP contribution in [0.1, 0.15) is 79.6 Å². The SMILES string of the molecule is CC1(C)CCC[C@]2(C)[C@H]3CC[C@@]4(C)OC[C@H]4O[C@]3(C)CC[C@@H]12. The molecule has 0 N–H and O–H groups in total. The first-order chi connectivity index (χ1) is 10.2. The lowest BCUT2D eigenvalue weighted by atomic mass is 9.45. The van der Waals surface area contributed by atoms with E-state index in [1.165, 1.54) is 44.9 Å². The monoisotopic (exact) mass is 306 g/mol. The van der Waals surface area contributed by atoms with Crippen LogP contribution in [0, 0.1) is 22.7 Å². The second-order valence-electron chi connectivity index (χ2n) is 10.1. The highest BCUT2D eigenvalue weighted by atomic mass is 16.6. The highest BCUT2D eigenvalue weighted by Gasteiger charge is 2.62. The molecule has 2 aliphatic heterocycles. The zero-order chi connectivity index (χ0) is 15.8. The molecule has 0 bridgehead atoms. The molecule has 0 spiro atoms. The minimum atomic E-state index is -0.00358.